The molecule has 2 rings (SSSR count). The maximum Gasteiger partial charge on any atom is 0.178 e. The fraction of sp³-hybridized carbons (Fsp3) is 0.250. The number of anilines is 1. The summed E-state index contributed by atoms with van der Waals surface area (Å²) in [4.78, 5) is 0.317. The van der Waals surface area contributed by atoms with Gasteiger partial charge in [-0.3, -0.25) is 0 Å². The zero-order valence-corrected chi connectivity index (χ0v) is 12.1. The van der Waals surface area contributed by atoms with Gasteiger partial charge in [0.1, 0.15) is 0 Å². The van der Waals surface area contributed by atoms with Crippen molar-refractivity contribution in [1.82, 2.24) is 0 Å². The van der Waals surface area contributed by atoms with Gasteiger partial charge in [-0.25, -0.2) is 8.42 Å². The van der Waals surface area contributed by atoms with E-state index >= 15 is 0 Å². The molecule has 2 aromatic rings. The molecule has 0 aliphatic carbocycles. The van der Waals surface area contributed by atoms with Crippen LogP contribution >= 0.6 is 0 Å². The van der Waals surface area contributed by atoms with Crippen LogP contribution in [0.5, 0.6) is 0 Å². The third-order valence-electron chi connectivity index (χ3n) is 3.19. The summed E-state index contributed by atoms with van der Waals surface area (Å²) >= 11 is 0. The molecule has 0 bridgehead atoms. The molecule has 0 radical (unpaired) electrons. The Morgan fingerprint density at radius 2 is 1.65 bits per heavy atom. The summed E-state index contributed by atoms with van der Waals surface area (Å²) in [5.74, 6) is 0.170. The zero-order chi connectivity index (χ0) is 14.4. The summed E-state index contributed by atoms with van der Waals surface area (Å²) in [5, 5.41) is 0. The van der Waals surface area contributed by atoms with E-state index in [1.54, 1.807) is 18.2 Å². The summed E-state index contributed by atoms with van der Waals surface area (Å²) in [6.45, 7) is 0. The summed E-state index contributed by atoms with van der Waals surface area (Å²) in [5.41, 5.74) is 7.35. The minimum atomic E-state index is -3.22. The van der Waals surface area contributed by atoms with Gasteiger partial charge in [0.05, 0.1) is 10.6 Å². The first kappa shape index (κ1) is 14.6. The van der Waals surface area contributed by atoms with Crippen molar-refractivity contribution in [3.63, 3.8) is 0 Å². The van der Waals surface area contributed by atoms with Gasteiger partial charge >= 0.3 is 0 Å². The van der Waals surface area contributed by atoms with Crippen LogP contribution in [0.1, 0.15) is 18.4 Å². The van der Waals surface area contributed by atoms with Gasteiger partial charge in [-0.15, -0.1) is 0 Å². The highest BCUT2D eigenvalue weighted by molar-refractivity contribution is 7.91. The van der Waals surface area contributed by atoms with Gasteiger partial charge in [0, 0.05) is 5.69 Å². The fourth-order valence-electron chi connectivity index (χ4n) is 2.09. The van der Waals surface area contributed by atoms with Crippen molar-refractivity contribution in [1.29, 1.82) is 0 Å². The van der Waals surface area contributed by atoms with Crippen LogP contribution in [0.25, 0.3) is 0 Å². The SMILES string of the molecule is Nc1cccc(S(=O)(=O)CCCCc2ccccc2)c1. The molecule has 0 fully saturated rings. The number of sulfone groups is 1. The first-order chi connectivity index (χ1) is 9.58. The molecule has 0 heterocycles. The van der Waals surface area contributed by atoms with E-state index in [1.807, 2.05) is 18.2 Å². The van der Waals surface area contributed by atoms with E-state index in [2.05, 4.69) is 12.1 Å². The highest BCUT2D eigenvalue weighted by atomic mass is 32.2. The molecule has 4 heteroatoms. The van der Waals surface area contributed by atoms with E-state index in [-0.39, 0.29) is 5.75 Å². The molecule has 0 saturated carbocycles. The number of hydrogen-bond donors (Lipinski definition) is 1. The van der Waals surface area contributed by atoms with Crippen LogP contribution in [0.4, 0.5) is 5.69 Å². The molecule has 0 atom stereocenters. The van der Waals surface area contributed by atoms with Crippen LogP contribution < -0.4 is 5.73 Å². The van der Waals surface area contributed by atoms with E-state index in [1.165, 1.54) is 11.6 Å². The van der Waals surface area contributed by atoms with Crippen molar-refractivity contribution >= 4 is 15.5 Å². The van der Waals surface area contributed by atoms with Gasteiger partial charge in [-0.1, -0.05) is 36.4 Å². The number of unbranched alkanes of at least 4 members (excludes halogenated alkanes) is 1. The smallest absolute Gasteiger partial charge is 0.178 e. The van der Waals surface area contributed by atoms with Gasteiger partial charge in [-0.2, -0.15) is 0 Å². The lowest BCUT2D eigenvalue weighted by atomic mass is 10.1. The fourth-order valence-corrected chi connectivity index (χ4v) is 3.51. The second-order valence-corrected chi connectivity index (χ2v) is 6.94. The lowest BCUT2D eigenvalue weighted by molar-refractivity contribution is 0.591. The van der Waals surface area contributed by atoms with Gasteiger partial charge in [0.25, 0.3) is 0 Å². The van der Waals surface area contributed by atoms with E-state index in [9.17, 15) is 8.42 Å². The number of aryl methyl sites for hydroxylation is 1. The van der Waals surface area contributed by atoms with E-state index in [4.69, 9.17) is 5.73 Å². The summed E-state index contributed by atoms with van der Waals surface area (Å²) in [7, 11) is -3.22. The van der Waals surface area contributed by atoms with Crippen molar-refractivity contribution in [3.8, 4) is 0 Å². The molecule has 3 nitrogen and oxygen atoms in total. The second kappa shape index (κ2) is 6.57. The van der Waals surface area contributed by atoms with E-state index in [0.29, 0.717) is 17.0 Å². The molecule has 0 aliphatic heterocycles. The minimum absolute atomic E-state index is 0.170. The van der Waals surface area contributed by atoms with Gasteiger partial charge < -0.3 is 5.73 Å². The molecule has 0 saturated heterocycles. The lowest BCUT2D eigenvalue weighted by Crippen LogP contribution is -2.07. The third kappa shape index (κ3) is 4.10. The highest BCUT2D eigenvalue weighted by Gasteiger charge is 2.13. The first-order valence-electron chi connectivity index (χ1n) is 6.70. The largest absolute Gasteiger partial charge is 0.399 e. The molecule has 0 amide bonds. The highest BCUT2D eigenvalue weighted by Crippen LogP contribution is 2.16. The van der Waals surface area contributed by atoms with Crippen molar-refractivity contribution in [3.05, 3.63) is 60.2 Å². The van der Waals surface area contributed by atoms with E-state index in [0.717, 1.165) is 12.8 Å². The molecule has 0 spiro atoms. The summed E-state index contributed by atoms with van der Waals surface area (Å²) < 4.78 is 24.3. The van der Waals surface area contributed by atoms with Crippen molar-refractivity contribution in [2.45, 2.75) is 24.2 Å². The average molecular weight is 289 g/mol. The monoisotopic (exact) mass is 289 g/mol. The van der Waals surface area contributed by atoms with Crippen molar-refractivity contribution in [2.75, 3.05) is 11.5 Å². The molecule has 106 valence electrons. The quantitative estimate of drug-likeness (QED) is 0.656. The van der Waals surface area contributed by atoms with Gasteiger partial charge in [-0.05, 0) is 43.0 Å². The molecule has 2 N–H and O–H groups in total. The maximum absolute atomic E-state index is 12.1. The number of nitrogens with two attached hydrogens (primary N) is 1. The Morgan fingerprint density at radius 3 is 2.35 bits per heavy atom. The maximum atomic E-state index is 12.1. The Labute approximate surface area is 120 Å². The van der Waals surface area contributed by atoms with Crippen LogP contribution in [-0.2, 0) is 16.3 Å². The predicted molar refractivity (Wildman–Crippen MR) is 82.3 cm³/mol. The van der Waals surface area contributed by atoms with E-state index < -0.39 is 9.84 Å². The Morgan fingerprint density at radius 1 is 0.900 bits per heavy atom. The van der Waals surface area contributed by atoms with Crippen LogP contribution in [0.3, 0.4) is 0 Å². The molecular formula is C16H19NO2S. The predicted octanol–water partition coefficient (Wildman–Crippen LogP) is 3.07. The van der Waals surface area contributed by atoms with Crippen LogP contribution in [0.15, 0.2) is 59.5 Å². The molecule has 20 heavy (non-hydrogen) atoms. The van der Waals surface area contributed by atoms with Crippen molar-refractivity contribution < 1.29 is 8.42 Å². The normalized spacial score (nSPS) is 11.4. The molecule has 0 aliphatic rings. The average Bonchev–Trinajstić information content (AvgIpc) is 2.45. The van der Waals surface area contributed by atoms with Gasteiger partial charge in [0.15, 0.2) is 9.84 Å². The Bertz CT molecular complexity index is 651. The van der Waals surface area contributed by atoms with Crippen molar-refractivity contribution in [2.24, 2.45) is 0 Å². The molecule has 2 aromatic carbocycles. The minimum Gasteiger partial charge on any atom is -0.399 e. The van der Waals surface area contributed by atoms with Crippen LogP contribution in [0.2, 0.25) is 0 Å². The first-order valence-corrected chi connectivity index (χ1v) is 8.35. The topological polar surface area (TPSA) is 60.2 Å². The standard InChI is InChI=1S/C16H19NO2S/c17-15-10-6-11-16(13-15)20(18,19)12-5-4-9-14-7-2-1-3-8-14/h1-3,6-8,10-11,13H,4-5,9,12,17H2. The third-order valence-corrected chi connectivity index (χ3v) is 4.99. The zero-order valence-electron chi connectivity index (χ0n) is 11.3. The number of nitrogen functional groups attached to an aromatic ring is 1. The lowest BCUT2D eigenvalue weighted by Gasteiger charge is -2.05. The van der Waals surface area contributed by atoms with Crippen LogP contribution in [0, 0.1) is 0 Å². The van der Waals surface area contributed by atoms with Crippen LogP contribution in [-0.4, -0.2) is 14.2 Å². The molecule has 0 aromatic heterocycles. The Kier molecular flexibility index (Phi) is 4.79. The summed E-state index contributed by atoms with van der Waals surface area (Å²) in [6.07, 6.45) is 2.44. The number of rotatable bonds is 6. The molecule has 0 unspecified atom stereocenters. The number of hydrogen-bond acceptors (Lipinski definition) is 3. The Hall–Kier alpha value is -1.81. The number of benzene rings is 2. The Balaban J connectivity index is 1.87. The molecular weight excluding hydrogens is 270 g/mol. The second-order valence-electron chi connectivity index (χ2n) is 4.83. The summed E-state index contributed by atoms with van der Waals surface area (Å²) in [6, 6.07) is 16.6. The van der Waals surface area contributed by atoms with Gasteiger partial charge in [0.2, 0.25) is 0 Å².